The number of hydrogen-bond donors (Lipinski definition) is 2. The number of nitrogens with one attached hydrogen (secondary N) is 1. The van der Waals surface area contributed by atoms with Gasteiger partial charge in [-0.15, -0.1) is 0 Å². The topological polar surface area (TPSA) is 75.4 Å². The van der Waals surface area contributed by atoms with Crippen LogP contribution in [0, 0.1) is 6.92 Å². The van der Waals surface area contributed by atoms with E-state index in [1.54, 1.807) is 0 Å². The SMILES string of the molecule is CC(=O)N(CCN)C(=O)NCCc1ccccc1C. The smallest absolute Gasteiger partial charge is 0.324 e. The van der Waals surface area contributed by atoms with Gasteiger partial charge in [0.2, 0.25) is 5.91 Å². The van der Waals surface area contributed by atoms with Crippen molar-refractivity contribution in [2.75, 3.05) is 19.6 Å². The van der Waals surface area contributed by atoms with Gasteiger partial charge in [-0.3, -0.25) is 9.69 Å². The first-order valence-electron chi connectivity index (χ1n) is 6.36. The molecule has 0 atom stereocenters. The van der Waals surface area contributed by atoms with Crippen LogP contribution in [0.2, 0.25) is 0 Å². The lowest BCUT2D eigenvalue weighted by Gasteiger charge is -2.18. The summed E-state index contributed by atoms with van der Waals surface area (Å²) in [5, 5.41) is 2.74. The summed E-state index contributed by atoms with van der Waals surface area (Å²) in [4.78, 5) is 24.2. The zero-order chi connectivity index (χ0) is 14.3. The van der Waals surface area contributed by atoms with Crippen LogP contribution in [-0.4, -0.2) is 36.5 Å². The van der Waals surface area contributed by atoms with Gasteiger partial charge in [0.25, 0.3) is 0 Å². The van der Waals surface area contributed by atoms with Crippen LogP contribution in [0.5, 0.6) is 0 Å². The molecule has 0 saturated heterocycles. The Morgan fingerprint density at radius 2 is 2.00 bits per heavy atom. The number of rotatable bonds is 5. The number of carbonyl (C=O) groups excluding carboxylic acids is 2. The Labute approximate surface area is 113 Å². The van der Waals surface area contributed by atoms with Gasteiger partial charge in [0.05, 0.1) is 0 Å². The highest BCUT2D eigenvalue weighted by atomic mass is 16.2. The van der Waals surface area contributed by atoms with Gasteiger partial charge in [-0.2, -0.15) is 0 Å². The monoisotopic (exact) mass is 263 g/mol. The maximum Gasteiger partial charge on any atom is 0.324 e. The minimum Gasteiger partial charge on any atom is -0.337 e. The predicted octanol–water partition coefficient (Wildman–Crippen LogP) is 1.05. The second kappa shape index (κ2) is 7.53. The summed E-state index contributed by atoms with van der Waals surface area (Å²) in [6, 6.07) is 7.64. The van der Waals surface area contributed by atoms with E-state index in [-0.39, 0.29) is 25.0 Å². The van der Waals surface area contributed by atoms with Crippen LogP contribution in [-0.2, 0) is 11.2 Å². The molecule has 3 N–H and O–H groups in total. The Morgan fingerprint density at radius 3 is 2.58 bits per heavy atom. The molecule has 0 fully saturated rings. The minimum absolute atomic E-state index is 0.242. The molecule has 3 amide bonds. The van der Waals surface area contributed by atoms with Crippen LogP contribution in [0.15, 0.2) is 24.3 Å². The van der Waals surface area contributed by atoms with Crippen LogP contribution < -0.4 is 11.1 Å². The number of hydrogen-bond acceptors (Lipinski definition) is 3. The van der Waals surface area contributed by atoms with Gasteiger partial charge < -0.3 is 11.1 Å². The van der Waals surface area contributed by atoms with Crippen molar-refractivity contribution < 1.29 is 9.59 Å². The fraction of sp³-hybridized carbons (Fsp3) is 0.429. The maximum absolute atomic E-state index is 11.8. The largest absolute Gasteiger partial charge is 0.337 e. The van der Waals surface area contributed by atoms with Gasteiger partial charge in [-0.05, 0) is 24.5 Å². The molecular formula is C14H21N3O2. The summed E-state index contributed by atoms with van der Waals surface area (Å²) < 4.78 is 0. The Hall–Kier alpha value is -1.88. The molecule has 0 aliphatic heterocycles. The van der Waals surface area contributed by atoms with Gasteiger partial charge >= 0.3 is 6.03 Å². The third-order valence-electron chi connectivity index (χ3n) is 2.91. The third-order valence-corrected chi connectivity index (χ3v) is 2.91. The number of benzene rings is 1. The molecule has 0 radical (unpaired) electrons. The number of carbonyl (C=O) groups is 2. The van der Waals surface area contributed by atoms with Crippen molar-refractivity contribution in [2.45, 2.75) is 20.3 Å². The second-order valence-electron chi connectivity index (χ2n) is 4.37. The molecule has 19 heavy (non-hydrogen) atoms. The van der Waals surface area contributed by atoms with E-state index < -0.39 is 0 Å². The predicted molar refractivity (Wildman–Crippen MR) is 74.7 cm³/mol. The summed E-state index contributed by atoms with van der Waals surface area (Å²) in [5.41, 5.74) is 7.76. The number of aryl methyl sites for hydroxylation is 1. The van der Waals surface area contributed by atoms with E-state index in [4.69, 9.17) is 5.73 Å². The Bertz CT molecular complexity index is 446. The van der Waals surface area contributed by atoms with Gasteiger partial charge in [0.15, 0.2) is 0 Å². The highest BCUT2D eigenvalue weighted by Gasteiger charge is 2.16. The third kappa shape index (κ3) is 4.71. The summed E-state index contributed by atoms with van der Waals surface area (Å²) in [5.74, 6) is -0.293. The van der Waals surface area contributed by atoms with Gasteiger partial charge in [-0.1, -0.05) is 24.3 Å². The Balaban J connectivity index is 2.46. The first-order chi connectivity index (χ1) is 9.06. The highest BCUT2D eigenvalue weighted by Crippen LogP contribution is 2.06. The van der Waals surface area contributed by atoms with E-state index in [0.29, 0.717) is 6.54 Å². The molecule has 0 aliphatic carbocycles. The van der Waals surface area contributed by atoms with Gasteiger partial charge in [-0.25, -0.2) is 4.79 Å². The average Bonchev–Trinajstić information content (AvgIpc) is 2.37. The van der Waals surface area contributed by atoms with Crippen LogP contribution >= 0.6 is 0 Å². The standard InChI is InChI=1S/C14H21N3O2/c1-11-5-3-4-6-13(11)7-9-16-14(19)17(10-8-15)12(2)18/h3-6H,7-10,15H2,1-2H3,(H,16,19). The van der Waals surface area contributed by atoms with E-state index >= 15 is 0 Å². The first-order valence-corrected chi connectivity index (χ1v) is 6.36. The lowest BCUT2D eigenvalue weighted by Crippen LogP contribution is -2.45. The van der Waals surface area contributed by atoms with Crippen molar-refractivity contribution in [1.29, 1.82) is 0 Å². The molecule has 0 unspecified atom stereocenters. The quantitative estimate of drug-likeness (QED) is 0.834. The maximum atomic E-state index is 11.8. The minimum atomic E-state index is -0.383. The molecule has 0 aliphatic rings. The molecule has 1 aromatic carbocycles. The van der Waals surface area contributed by atoms with Gasteiger partial charge in [0.1, 0.15) is 0 Å². The fourth-order valence-corrected chi connectivity index (χ4v) is 1.82. The Kier molecular flexibility index (Phi) is 6.02. The summed E-state index contributed by atoms with van der Waals surface area (Å²) in [6.45, 7) is 4.40. The molecule has 1 rings (SSSR count). The zero-order valence-corrected chi connectivity index (χ0v) is 11.5. The van der Waals surface area contributed by atoms with Crippen molar-refractivity contribution in [3.8, 4) is 0 Å². The fourth-order valence-electron chi connectivity index (χ4n) is 1.82. The van der Waals surface area contributed by atoms with Gasteiger partial charge in [0, 0.05) is 26.6 Å². The van der Waals surface area contributed by atoms with Crippen LogP contribution in [0.4, 0.5) is 4.79 Å². The summed E-state index contributed by atoms with van der Waals surface area (Å²) in [7, 11) is 0. The number of nitrogens with zero attached hydrogens (tertiary/aromatic N) is 1. The van der Waals surface area contributed by atoms with Crippen molar-refractivity contribution >= 4 is 11.9 Å². The molecule has 5 heteroatoms. The number of nitrogens with two attached hydrogens (primary N) is 1. The zero-order valence-electron chi connectivity index (χ0n) is 11.5. The van der Waals surface area contributed by atoms with E-state index in [1.807, 2.05) is 31.2 Å². The molecule has 0 heterocycles. The normalized spacial score (nSPS) is 10.1. The number of urea groups is 1. The first kappa shape index (κ1) is 15.2. The molecular weight excluding hydrogens is 242 g/mol. The van der Waals surface area contributed by atoms with Crippen molar-refractivity contribution in [2.24, 2.45) is 5.73 Å². The molecule has 1 aromatic rings. The van der Waals surface area contributed by atoms with E-state index in [2.05, 4.69) is 5.32 Å². The van der Waals surface area contributed by atoms with Crippen LogP contribution in [0.3, 0.4) is 0 Å². The van der Waals surface area contributed by atoms with Crippen molar-refractivity contribution in [3.63, 3.8) is 0 Å². The molecule has 0 bridgehead atoms. The number of amides is 3. The van der Waals surface area contributed by atoms with Crippen LogP contribution in [0.1, 0.15) is 18.1 Å². The molecule has 104 valence electrons. The molecule has 5 nitrogen and oxygen atoms in total. The summed E-state index contributed by atoms with van der Waals surface area (Å²) >= 11 is 0. The lowest BCUT2D eigenvalue weighted by atomic mass is 10.1. The molecule has 0 aromatic heterocycles. The van der Waals surface area contributed by atoms with Crippen molar-refractivity contribution in [1.82, 2.24) is 10.2 Å². The van der Waals surface area contributed by atoms with E-state index in [1.165, 1.54) is 18.1 Å². The average molecular weight is 263 g/mol. The molecule has 0 spiro atoms. The van der Waals surface area contributed by atoms with E-state index in [9.17, 15) is 9.59 Å². The lowest BCUT2D eigenvalue weighted by molar-refractivity contribution is -0.125. The second-order valence-corrected chi connectivity index (χ2v) is 4.37. The molecule has 0 saturated carbocycles. The Morgan fingerprint density at radius 1 is 1.32 bits per heavy atom. The number of imide groups is 1. The van der Waals surface area contributed by atoms with E-state index in [0.717, 1.165) is 11.3 Å². The van der Waals surface area contributed by atoms with Crippen LogP contribution in [0.25, 0.3) is 0 Å². The van der Waals surface area contributed by atoms with Crippen molar-refractivity contribution in [3.05, 3.63) is 35.4 Å². The highest BCUT2D eigenvalue weighted by molar-refractivity contribution is 5.93. The summed E-state index contributed by atoms with van der Waals surface area (Å²) in [6.07, 6.45) is 0.743.